The molecule has 0 aliphatic carbocycles. The molecule has 0 spiro atoms. The molecule has 0 aliphatic rings. The SMILES string of the molecule is COc1ccc(-c2nnc(S[C@H](C)C(=O)N(C)C)n2N)cc1. The van der Waals surface area contributed by atoms with Crippen molar-refractivity contribution in [3.05, 3.63) is 24.3 Å². The van der Waals surface area contributed by atoms with E-state index in [1.165, 1.54) is 16.4 Å². The van der Waals surface area contributed by atoms with Crippen molar-refractivity contribution in [2.24, 2.45) is 0 Å². The highest BCUT2D eigenvalue weighted by Crippen LogP contribution is 2.26. The van der Waals surface area contributed by atoms with Crippen LogP contribution < -0.4 is 10.6 Å². The average molecular weight is 321 g/mol. The summed E-state index contributed by atoms with van der Waals surface area (Å²) >= 11 is 1.28. The Morgan fingerprint density at radius 3 is 2.50 bits per heavy atom. The smallest absolute Gasteiger partial charge is 0.235 e. The number of benzene rings is 1. The van der Waals surface area contributed by atoms with Crippen LogP contribution in [0.3, 0.4) is 0 Å². The summed E-state index contributed by atoms with van der Waals surface area (Å²) in [5, 5.41) is 8.37. The Hall–Kier alpha value is -2.22. The molecule has 2 aromatic rings. The van der Waals surface area contributed by atoms with Crippen molar-refractivity contribution >= 4 is 17.7 Å². The molecule has 0 bridgehead atoms. The molecule has 0 saturated heterocycles. The van der Waals surface area contributed by atoms with Crippen molar-refractivity contribution in [1.82, 2.24) is 19.8 Å². The van der Waals surface area contributed by atoms with Crippen LogP contribution in [0.2, 0.25) is 0 Å². The van der Waals surface area contributed by atoms with Crippen LogP contribution in [0.4, 0.5) is 0 Å². The van der Waals surface area contributed by atoms with Gasteiger partial charge in [0.2, 0.25) is 11.1 Å². The number of carbonyl (C=O) groups is 1. The molecule has 7 nitrogen and oxygen atoms in total. The molecule has 1 aromatic carbocycles. The van der Waals surface area contributed by atoms with Gasteiger partial charge in [-0.2, -0.15) is 0 Å². The average Bonchev–Trinajstić information content (AvgIpc) is 2.87. The number of methoxy groups -OCH3 is 1. The number of hydrogen-bond acceptors (Lipinski definition) is 6. The summed E-state index contributed by atoms with van der Waals surface area (Å²) in [5.74, 6) is 7.34. The van der Waals surface area contributed by atoms with Crippen molar-refractivity contribution < 1.29 is 9.53 Å². The summed E-state index contributed by atoms with van der Waals surface area (Å²) in [6, 6.07) is 7.37. The van der Waals surface area contributed by atoms with E-state index in [0.717, 1.165) is 11.3 Å². The van der Waals surface area contributed by atoms with Crippen LogP contribution in [0, 0.1) is 0 Å². The second-order valence-corrected chi connectivity index (χ2v) is 6.21. The van der Waals surface area contributed by atoms with Crippen LogP contribution in [0.25, 0.3) is 11.4 Å². The van der Waals surface area contributed by atoms with Crippen LogP contribution >= 0.6 is 11.8 Å². The van der Waals surface area contributed by atoms with Crippen LogP contribution in [0.1, 0.15) is 6.92 Å². The minimum Gasteiger partial charge on any atom is -0.497 e. The fraction of sp³-hybridized carbons (Fsp3) is 0.357. The summed E-state index contributed by atoms with van der Waals surface area (Å²) in [5.41, 5.74) is 0.828. The second kappa shape index (κ2) is 6.69. The van der Waals surface area contributed by atoms with Gasteiger partial charge in [0.1, 0.15) is 5.75 Å². The van der Waals surface area contributed by atoms with Crippen molar-refractivity contribution in [3.8, 4) is 17.1 Å². The molecule has 1 amide bonds. The zero-order valence-corrected chi connectivity index (χ0v) is 13.8. The topological polar surface area (TPSA) is 86.3 Å². The van der Waals surface area contributed by atoms with Crippen molar-refractivity contribution in [1.29, 1.82) is 0 Å². The number of rotatable bonds is 5. The number of amides is 1. The van der Waals surface area contributed by atoms with Crippen LogP contribution in [0.15, 0.2) is 29.4 Å². The van der Waals surface area contributed by atoms with E-state index < -0.39 is 0 Å². The van der Waals surface area contributed by atoms with Gasteiger partial charge < -0.3 is 15.5 Å². The molecule has 0 fully saturated rings. The third-order valence-electron chi connectivity index (χ3n) is 3.08. The number of nitrogens with two attached hydrogens (primary N) is 1. The Morgan fingerprint density at radius 1 is 1.32 bits per heavy atom. The van der Waals surface area contributed by atoms with Gasteiger partial charge in [-0.05, 0) is 31.2 Å². The second-order valence-electron chi connectivity index (χ2n) is 4.90. The minimum absolute atomic E-state index is 0.000928. The molecule has 2 rings (SSSR count). The van der Waals surface area contributed by atoms with Crippen molar-refractivity contribution in [3.63, 3.8) is 0 Å². The monoisotopic (exact) mass is 321 g/mol. The van der Waals surface area contributed by atoms with E-state index in [1.54, 1.807) is 26.1 Å². The van der Waals surface area contributed by atoms with Crippen LogP contribution in [0.5, 0.6) is 5.75 Å². The summed E-state index contributed by atoms with van der Waals surface area (Å²) in [6.45, 7) is 1.81. The number of hydrogen-bond donors (Lipinski definition) is 1. The third-order valence-corrected chi connectivity index (χ3v) is 4.13. The van der Waals surface area contributed by atoms with E-state index in [0.29, 0.717) is 11.0 Å². The molecule has 8 heteroatoms. The first-order valence-corrected chi connectivity index (χ1v) is 7.54. The Morgan fingerprint density at radius 2 is 1.95 bits per heavy atom. The maximum absolute atomic E-state index is 11.9. The molecule has 2 N–H and O–H groups in total. The molecule has 0 unspecified atom stereocenters. The highest BCUT2D eigenvalue weighted by molar-refractivity contribution is 8.00. The van der Waals surface area contributed by atoms with Gasteiger partial charge in [-0.15, -0.1) is 10.2 Å². The molecule has 1 heterocycles. The van der Waals surface area contributed by atoms with Gasteiger partial charge in [0, 0.05) is 19.7 Å². The van der Waals surface area contributed by atoms with Crippen LogP contribution in [-0.2, 0) is 4.79 Å². The minimum atomic E-state index is -0.287. The zero-order valence-electron chi connectivity index (χ0n) is 13.0. The lowest BCUT2D eigenvalue weighted by molar-refractivity contribution is -0.127. The van der Waals surface area contributed by atoms with E-state index in [-0.39, 0.29) is 11.2 Å². The lowest BCUT2D eigenvalue weighted by atomic mass is 10.2. The molecular weight excluding hydrogens is 302 g/mol. The highest BCUT2D eigenvalue weighted by atomic mass is 32.2. The summed E-state index contributed by atoms with van der Waals surface area (Å²) in [6.07, 6.45) is 0. The van der Waals surface area contributed by atoms with E-state index in [2.05, 4.69) is 10.2 Å². The van der Waals surface area contributed by atoms with Gasteiger partial charge in [-0.25, -0.2) is 4.68 Å². The van der Waals surface area contributed by atoms with Crippen molar-refractivity contribution in [2.75, 3.05) is 27.0 Å². The Labute approximate surface area is 133 Å². The van der Waals surface area contributed by atoms with E-state index >= 15 is 0 Å². The summed E-state index contributed by atoms with van der Waals surface area (Å²) < 4.78 is 6.52. The Bertz CT molecular complexity index is 654. The van der Waals surface area contributed by atoms with Gasteiger partial charge >= 0.3 is 0 Å². The predicted molar refractivity (Wildman–Crippen MR) is 86.2 cm³/mol. The molecule has 118 valence electrons. The number of nitrogens with zero attached hydrogens (tertiary/aromatic N) is 4. The number of nitrogen functional groups attached to an aromatic ring is 1. The van der Waals surface area contributed by atoms with E-state index in [9.17, 15) is 4.79 Å². The molecule has 1 atom stereocenters. The first-order chi connectivity index (χ1) is 10.4. The van der Waals surface area contributed by atoms with Crippen molar-refractivity contribution in [2.45, 2.75) is 17.3 Å². The standard InChI is InChI=1S/C14H19N5O2S/c1-9(13(20)18(2)3)22-14-17-16-12(19(14)15)10-5-7-11(21-4)8-6-10/h5-9H,15H2,1-4H3/t9-/m1/s1. The maximum Gasteiger partial charge on any atom is 0.235 e. The van der Waals surface area contributed by atoms with E-state index in [4.69, 9.17) is 10.6 Å². The molecule has 1 aromatic heterocycles. The number of ether oxygens (including phenoxy) is 1. The quantitative estimate of drug-likeness (QED) is 0.658. The molecule has 0 radical (unpaired) electrons. The number of thioether (sulfide) groups is 1. The van der Waals surface area contributed by atoms with Gasteiger partial charge in [0.25, 0.3) is 0 Å². The Balaban J connectivity index is 2.20. The summed E-state index contributed by atoms with van der Waals surface area (Å²) in [7, 11) is 5.04. The largest absolute Gasteiger partial charge is 0.497 e. The molecule has 22 heavy (non-hydrogen) atoms. The van der Waals surface area contributed by atoms with Crippen LogP contribution in [-0.4, -0.2) is 52.1 Å². The lowest BCUT2D eigenvalue weighted by Gasteiger charge is -2.15. The first-order valence-electron chi connectivity index (χ1n) is 6.66. The normalized spacial score (nSPS) is 12.0. The number of carbonyl (C=O) groups excluding carboxylic acids is 1. The predicted octanol–water partition coefficient (Wildman–Crippen LogP) is 1.24. The highest BCUT2D eigenvalue weighted by Gasteiger charge is 2.20. The first kappa shape index (κ1) is 16.2. The van der Waals surface area contributed by atoms with Gasteiger partial charge in [0.05, 0.1) is 12.4 Å². The number of aromatic nitrogens is 3. The van der Waals surface area contributed by atoms with Gasteiger partial charge in [0.15, 0.2) is 5.82 Å². The van der Waals surface area contributed by atoms with Gasteiger partial charge in [-0.1, -0.05) is 11.8 Å². The van der Waals surface area contributed by atoms with Gasteiger partial charge in [-0.3, -0.25) is 4.79 Å². The maximum atomic E-state index is 11.9. The fourth-order valence-corrected chi connectivity index (χ4v) is 2.78. The lowest BCUT2D eigenvalue weighted by Crippen LogP contribution is -2.30. The molecular formula is C14H19N5O2S. The molecule has 0 saturated carbocycles. The molecule has 0 aliphatic heterocycles. The third kappa shape index (κ3) is 3.33. The van der Waals surface area contributed by atoms with E-state index in [1.807, 2.05) is 31.2 Å². The summed E-state index contributed by atoms with van der Waals surface area (Å²) in [4.78, 5) is 13.4. The Kier molecular flexibility index (Phi) is 4.92. The zero-order chi connectivity index (χ0) is 16.3. The fourth-order valence-electron chi connectivity index (χ4n) is 1.87.